The van der Waals surface area contributed by atoms with Crippen LogP contribution in [-0.2, 0) is 4.79 Å². The first-order valence-electron chi connectivity index (χ1n) is 7.57. The van der Waals surface area contributed by atoms with Crippen molar-refractivity contribution in [2.24, 2.45) is 0 Å². The fraction of sp³-hybridized carbons (Fsp3) is 0.105. The van der Waals surface area contributed by atoms with Gasteiger partial charge in [-0.05, 0) is 57.9 Å². The third-order valence-corrected chi connectivity index (χ3v) is 4.09. The maximum absolute atomic E-state index is 12.4. The average molecular weight is 431 g/mol. The van der Waals surface area contributed by atoms with Gasteiger partial charge in [0.05, 0.1) is 24.3 Å². The summed E-state index contributed by atoms with van der Waals surface area (Å²) in [5.74, 6) is -0.851. The Hall–Kier alpha value is -3.31. The lowest BCUT2D eigenvalue weighted by molar-refractivity contribution is -0.112. The maximum Gasteiger partial charge on any atom is 0.335 e. The van der Waals surface area contributed by atoms with Crippen molar-refractivity contribution in [3.63, 3.8) is 0 Å². The minimum Gasteiger partial charge on any atom is -0.493 e. The first-order chi connectivity index (χ1) is 12.9. The summed E-state index contributed by atoms with van der Waals surface area (Å²) in [6.07, 6.45) is 1.39. The Morgan fingerprint density at radius 3 is 2.56 bits per heavy atom. The zero-order valence-corrected chi connectivity index (χ0v) is 16.0. The highest BCUT2D eigenvalue weighted by molar-refractivity contribution is 9.10. The lowest BCUT2D eigenvalue weighted by atomic mass is 10.1. The summed E-state index contributed by atoms with van der Waals surface area (Å²) in [4.78, 5) is 23.4. The van der Waals surface area contributed by atoms with Crippen LogP contribution in [0.4, 0.5) is 5.69 Å². The van der Waals surface area contributed by atoms with Crippen LogP contribution in [0.5, 0.6) is 11.5 Å². The van der Waals surface area contributed by atoms with E-state index in [1.165, 1.54) is 44.6 Å². The molecule has 27 heavy (non-hydrogen) atoms. The number of hydrogen-bond donors (Lipinski definition) is 2. The second kappa shape index (κ2) is 8.87. The monoisotopic (exact) mass is 430 g/mol. The molecule has 2 aromatic carbocycles. The maximum atomic E-state index is 12.4. The molecule has 0 spiro atoms. The number of methoxy groups -OCH3 is 2. The van der Waals surface area contributed by atoms with Gasteiger partial charge in [0.1, 0.15) is 11.6 Å². The van der Waals surface area contributed by atoms with Gasteiger partial charge in [0.2, 0.25) is 0 Å². The Morgan fingerprint density at radius 2 is 1.96 bits per heavy atom. The van der Waals surface area contributed by atoms with Crippen molar-refractivity contribution in [1.82, 2.24) is 0 Å². The molecule has 0 aliphatic heterocycles. The van der Waals surface area contributed by atoms with Crippen molar-refractivity contribution in [3.05, 3.63) is 57.6 Å². The third-order valence-electron chi connectivity index (χ3n) is 3.50. The number of aromatic carboxylic acids is 1. The number of carboxylic acids is 1. The molecule has 2 N–H and O–H groups in total. The minimum atomic E-state index is -1.11. The fourth-order valence-electron chi connectivity index (χ4n) is 2.26. The van der Waals surface area contributed by atoms with Crippen molar-refractivity contribution >= 4 is 39.6 Å². The summed E-state index contributed by atoms with van der Waals surface area (Å²) in [5.41, 5.74) is 0.689. The number of nitrogens with one attached hydrogen (secondary N) is 1. The second-order valence-electron chi connectivity index (χ2n) is 5.25. The van der Waals surface area contributed by atoms with Gasteiger partial charge in [-0.3, -0.25) is 4.79 Å². The van der Waals surface area contributed by atoms with E-state index in [1.54, 1.807) is 12.1 Å². The summed E-state index contributed by atoms with van der Waals surface area (Å²) in [6.45, 7) is 0. The van der Waals surface area contributed by atoms with Crippen LogP contribution in [0.15, 0.2) is 46.4 Å². The SMILES string of the molecule is COc1cc(/C=C(\C#N)C(=O)Nc2cccc(C(=O)O)c2)cc(Br)c1OC. The van der Waals surface area contributed by atoms with Gasteiger partial charge in [0, 0.05) is 5.69 Å². The molecule has 0 radical (unpaired) electrons. The quantitative estimate of drug-likeness (QED) is 0.533. The number of nitrogens with zero attached hydrogens (tertiary/aromatic N) is 1. The Morgan fingerprint density at radius 1 is 1.22 bits per heavy atom. The topological polar surface area (TPSA) is 109 Å². The summed E-state index contributed by atoms with van der Waals surface area (Å²) >= 11 is 3.35. The summed E-state index contributed by atoms with van der Waals surface area (Å²) in [7, 11) is 2.97. The highest BCUT2D eigenvalue weighted by atomic mass is 79.9. The van der Waals surface area contributed by atoms with Gasteiger partial charge < -0.3 is 19.9 Å². The van der Waals surface area contributed by atoms with Crippen molar-refractivity contribution in [3.8, 4) is 17.6 Å². The van der Waals surface area contributed by atoms with Crippen LogP contribution in [0.25, 0.3) is 6.08 Å². The predicted octanol–water partition coefficient (Wildman–Crippen LogP) is 3.71. The smallest absolute Gasteiger partial charge is 0.335 e. The molecule has 0 heterocycles. The van der Waals surface area contributed by atoms with E-state index in [0.717, 1.165) is 0 Å². The molecule has 0 unspecified atom stereocenters. The van der Waals surface area contributed by atoms with E-state index < -0.39 is 11.9 Å². The highest BCUT2D eigenvalue weighted by Gasteiger charge is 2.14. The van der Waals surface area contributed by atoms with E-state index in [0.29, 0.717) is 21.5 Å². The molecule has 8 heteroatoms. The second-order valence-corrected chi connectivity index (χ2v) is 6.10. The average Bonchev–Trinajstić information content (AvgIpc) is 2.65. The molecular formula is C19H15BrN2O5. The lowest BCUT2D eigenvalue weighted by Gasteiger charge is -2.11. The largest absolute Gasteiger partial charge is 0.493 e. The predicted molar refractivity (Wildman–Crippen MR) is 103 cm³/mol. The van der Waals surface area contributed by atoms with E-state index >= 15 is 0 Å². The molecule has 2 aromatic rings. The zero-order chi connectivity index (χ0) is 20.0. The van der Waals surface area contributed by atoms with Crippen LogP contribution in [0, 0.1) is 11.3 Å². The Kier molecular flexibility index (Phi) is 6.57. The first kappa shape index (κ1) is 20.0. The van der Waals surface area contributed by atoms with E-state index in [4.69, 9.17) is 14.6 Å². The normalized spacial score (nSPS) is 10.7. The van der Waals surface area contributed by atoms with Gasteiger partial charge in [-0.1, -0.05) is 6.07 Å². The molecular weight excluding hydrogens is 416 g/mol. The molecule has 2 rings (SSSR count). The number of hydrogen-bond acceptors (Lipinski definition) is 5. The van der Waals surface area contributed by atoms with Crippen LogP contribution < -0.4 is 14.8 Å². The molecule has 1 amide bonds. The fourth-order valence-corrected chi connectivity index (χ4v) is 2.89. The van der Waals surface area contributed by atoms with E-state index in [2.05, 4.69) is 21.2 Å². The molecule has 138 valence electrons. The zero-order valence-electron chi connectivity index (χ0n) is 14.4. The Labute approximate surface area is 164 Å². The molecule has 0 atom stereocenters. The molecule has 0 aliphatic carbocycles. The van der Waals surface area contributed by atoms with Crippen molar-refractivity contribution in [2.75, 3.05) is 19.5 Å². The molecule has 0 fully saturated rings. The summed E-state index contributed by atoms with van der Waals surface area (Å²) in [5, 5.41) is 20.9. The molecule has 0 saturated carbocycles. The summed E-state index contributed by atoms with van der Waals surface area (Å²) in [6, 6.07) is 10.9. The Balaban J connectivity index is 2.32. The van der Waals surface area contributed by atoms with Gasteiger partial charge in [-0.25, -0.2) is 4.79 Å². The molecule has 0 aromatic heterocycles. The van der Waals surface area contributed by atoms with Gasteiger partial charge in [-0.15, -0.1) is 0 Å². The van der Waals surface area contributed by atoms with Gasteiger partial charge in [0.25, 0.3) is 5.91 Å². The van der Waals surface area contributed by atoms with E-state index in [-0.39, 0.29) is 16.8 Å². The van der Waals surface area contributed by atoms with Crippen LogP contribution in [0.1, 0.15) is 15.9 Å². The lowest BCUT2D eigenvalue weighted by Crippen LogP contribution is -2.14. The van der Waals surface area contributed by atoms with Crippen molar-refractivity contribution in [2.45, 2.75) is 0 Å². The number of ether oxygens (including phenoxy) is 2. The van der Waals surface area contributed by atoms with Crippen molar-refractivity contribution in [1.29, 1.82) is 5.26 Å². The standard InChI is InChI=1S/C19H15BrN2O5/c1-26-16-8-11(7-15(20)17(16)27-2)6-13(10-21)18(23)22-14-5-3-4-12(9-14)19(24)25/h3-9H,1-2H3,(H,22,23)(H,24,25)/b13-6+. The van der Waals surface area contributed by atoms with E-state index in [9.17, 15) is 14.9 Å². The minimum absolute atomic E-state index is 0.0270. The summed E-state index contributed by atoms with van der Waals surface area (Å²) < 4.78 is 11.1. The van der Waals surface area contributed by atoms with Gasteiger partial charge in [0.15, 0.2) is 11.5 Å². The van der Waals surface area contributed by atoms with Crippen LogP contribution >= 0.6 is 15.9 Å². The number of carboxylic acid groups (broad SMARTS) is 1. The van der Waals surface area contributed by atoms with Crippen molar-refractivity contribution < 1.29 is 24.2 Å². The number of carbonyl (C=O) groups is 2. The van der Waals surface area contributed by atoms with E-state index in [1.807, 2.05) is 6.07 Å². The van der Waals surface area contributed by atoms with Gasteiger partial charge >= 0.3 is 5.97 Å². The number of nitriles is 1. The Bertz CT molecular complexity index is 963. The van der Waals surface area contributed by atoms with Gasteiger partial charge in [-0.2, -0.15) is 5.26 Å². The molecule has 0 saturated heterocycles. The van der Waals surface area contributed by atoms with Crippen LogP contribution in [0.3, 0.4) is 0 Å². The third kappa shape index (κ3) is 4.86. The number of halogens is 1. The molecule has 7 nitrogen and oxygen atoms in total. The molecule has 0 aliphatic rings. The first-order valence-corrected chi connectivity index (χ1v) is 8.37. The van der Waals surface area contributed by atoms with Crippen LogP contribution in [-0.4, -0.2) is 31.2 Å². The molecule has 0 bridgehead atoms. The number of benzene rings is 2. The highest BCUT2D eigenvalue weighted by Crippen LogP contribution is 2.36. The van der Waals surface area contributed by atoms with Crippen LogP contribution in [0.2, 0.25) is 0 Å². The number of carbonyl (C=O) groups excluding carboxylic acids is 1. The number of anilines is 1. The number of rotatable bonds is 6. The number of amides is 1.